The fourth-order valence-corrected chi connectivity index (χ4v) is 1.91. The van der Waals surface area contributed by atoms with Gasteiger partial charge in [-0.15, -0.1) is 0 Å². The van der Waals surface area contributed by atoms with Crippen molar-refractivity contribution in [2.75, 3.05) is 0 Å². The zero-order valence-electron chi connectivity index (χ0n) is 9.07. The number of halogens is 1. The van der Waals surface area contributed by atoms with Crippen LogP contribution >= 0.6 is 11.6 Å². The second-order valence-corrected chi connectivity index (χ2v) is 4.04. The van der Waals surface area contributed by atoms with E-state index >= 15 is 0 Å². The Morgan fingerprint density at radius 2 is 2.12 bits per heavy atom. The van der Waals surface area contributed by atoms with Gasteiger partial charge in [0, 0.05) is 5.69 Å². The van der Waals surface area contributed by atoms with Crippen LogP contribution in [-0.4, -0.2) is 16.1 Å². The number of hydrogen-bond donors (Lipinski definition) is 0. The van der Waals surface area contributed by atoms with E-state index in [0.29, 0.717) is 16.3 Å². The van der Waals surface area contributed by atoms with Gasteiger partial charge in [-0.1, -0.05) is 17.7 Å². The summed E-state index contributed by atoms with van der Waals surface area (Å²) in [4.78, 5) is 11.0. The fraction of sp³-hybridized carbons (Fsp3) is 0.167. The largest absolute Gasteiger partial charge is 0.298 e. The molecule has 4 heteroatoms. The molecule has 0 fully saturated rings. The van der Waals surface area contributed by atoms with Crippen LogP contribution < -0.4 is 0 Å². The van der Waals surface area contributed by atoms with Crippen molar-refractivity contribution in [3.63, 3.8) is 0 Å². The molecular weight excluding hydrogens is 224 g/mol. The Kier molecular flexibility index (Phi) is 2.79. The lowest BCUT2D eigenvalue weighted by Gasteiger charge is -2.08. The van der Waals surface area contributed by atoms with Gasteiger partial charge in [0.05, 0.1) is 22.0 Å². The van der Waals surface area contributed by atoms with Crippen LogP contribution in [0.1, 0.15) is 21.7 Å². The van der Waals surface area contributed by atoms with E-state index in [1.807, 2.05) is 26.0 Å². The van der Waals surface area contributed by atoms with Gasteiger partial charge in [0.2, 0.25) is 0 Å². The molecule has 0 saturated carbocycles. The standard InChI is InChI=1S/C12H11ClN2O/c1-8-6-9(2)15(14-8)12-5-3-4-11(13)10(12)7-16/h3-7H,1-2H3. The second-order valence-electron chi connectivity index (χ2n) is 3.63. The summed E-state index contributed by atoms with van der Waals surface area (Å²) in [6.45, 7) is 3.85. The van der Waals surface area contributed by atoms with E-state index in [9.17, 15) is 4.79 Å². The number of aldehydes is 1. The highest BCUT2D eigenvalue weighted by molar-refractivity contribution is 6.33. The average molecular weight is 235 g/mol. The van der Waals surface area contributed by atoms with Gasteiger partial charge >= 0.3 is 0 Å². The molecule has 0 aliphatic rings. The summed E-state index contributed by atoms with van der Waals surface area (Å²) in [6, 6.07) is 7.28. The Morgan fingerprint density at radius 3 is 2.69 bits per heavy atom. The summed E-state index contributed by atoms with van der Waals surface area (Å²) in [5.74, 6) is 0. The predicted octanol–water partition coefficient (Wildman–Crippen LogP) is 2.96. The Bertz CT molecular complexity index is 546. The van der Waals surface area contributed by atoms with Crippen LogP contribution in [0.25, 0.3) is 5.69 Å². The van der Waals surface area contributed by atoms with Gasteiger partial charge in [0.15, 0.2) is 6.29 Å². The monoisotopic (exact) mass is 234 g/mol. The number of aryl methyl sites for hydroxylation is 2. The molecule has 0 aliphatic carbocycles. The molecule has 82 valence electrons. The van der Waals surface area contributed by atoms with E-state index in [4.69, 9.17) is 11.6 Å². The summed E-state index contributed by atoms with van der Waals surface area (Å²) >= 11 is 5.97. The van der Waals surface area contributed by atoms with Crippen molar-refractivity contribution >= 4 is 17.9 Å². The molecule has 1 aromatic heterocycles. The number of hydrogen-bond acceptors (Lipinski definition) is 2. The summed E-state index contributed by atoms with van der Waals surface area (Å²) in [5.41, 5.74) is 3.07. The van der Waals surface area contributed by atoms with Crippen molar-refractivity contribution in [1.29, 1.82) is 0 Å². The molecule has 0 N–H and O–H groups in total. The van der Waals surface area contributed by atoms with Crippen LogP contribution in [0.2, 0.25) is 5.02 Å². The highest BCUT2D eigenvalue weighted by Crippen LogP contribution is 2.22. The van der Waals surface area contributed by atoms with E-state index in [1.165, 1.54) is 0 Å². The minimum absolute atomic E-state index is 0.444. The van der Waals surface area contributed by atoms with Gasteiger partial charge in [0.1, 0.15) is 0 Å². The molecular formula is C12H11ClN2O. The van der Waals surface area contributed by atoms with Gasteiger partial charge in [0.25, 0.3) is 0 Å². The second kappa shape index (κ2) is 4.10. The van der Waals surface area contributed by atoms with Crippen LogP contribution in [0.15, 0.2) is 24.3 Å². The van der Waals surface area contributed by atoms with Crippen LogP contribution in [0.3, 0.4) is 0 Å². The molecule has 0 atom stereocenters. The maximum Gasteiger partial charge on any atom is 0.153 e. The van der Waals surface area contributed by atoms with Gasteiger partial charge in [-0.05, 0) is 32.0 Å². The molecule has 16 heavy (non-hydrogen) atoms. The number of carbonyl (C=O) groups is 1. The van der Waals surface area contributed by atoms with Crippen molar-refractivity contribution in [1.82, 2.24) is 9.78 Å². The number of aromatic nitrogens is 2. The molecule has 1 aromatic carbocycles. The molecule has 0 unspecified atom stereocenters. The van der Waals surface area contributed by atoms with E-state index in [0.717, 1.165) is 17.7 Å². The molecule has 0 aliphatic heterocycles. The van der Waals surface area contributed by atoms with Crippen molar-refractivity contribution in [3.05, 3.63) is 46.2 Å². The molecule has 0 amide bonds. The third-order valence-corrected chi connectivity index (χ3v) is 2.72. The zero-order chi connectivity index (χ0) is 11.7. The molecule has 2 rings (SSSR count). The molecule has 0 radical (unpaired) electrons. The van der Waals surface area contributed by atoms with Crippen molar-refractivity contribution < 1.29 is 4.79 Å². The zero-order valence-corrected chi connectivity index (χ0v) is 9.82. The topological polar surface area (TPSA) is 34.9 Å². The van der Waals surface area contributed by atoms with Crippen molar-refractivity contribution in [2.45, 2.75) is 13.8 Å². The van der Waals surface area contributed by atoms with Gasteiger partial charge in [-0.25, -0.2) is 4.68 Å². The first-order valence-corrected chi connectivity index (χ1v) is 5.28. The van der Waals surface area contributed by atoms with Crippen LogP contribution in [0.5, 0.6) is 0 Å². The van der Waals surface area contributed by atoms with Crippen LogP contribution in [0, 0.1) is 13.8 Å². The van der Waals surface area contributed by atoms with E-state index in [2.05, 4.69) is 5.10 Å². The Morgan fingerprint density at radius 1 is 1.38 bits per heavy atom. The number of nitrogens with zero attached hydrogens (tertiary/aromatic N) is 2. The molecule has 3 nitrogen and oxygen atoms in total. The first-order chi connectivity index (χ1) is 7.63. The highest BCUT2D eigenvalue weighted by atomic mass is 35.5. The average Bonchev–Trinajstić information content (AvgIpc) is 2.57. The lowest BCUT2D eigenvalue weighted by atomic mass is 10.2. The van der Waals surface area contributed by atoms with Gasteiger partial charge in [-0.2, -0.15) is 5.10 Å². The molecule has 0 saturated heterocycles. The van der Waals surface area contributed by atoms with E-state index in [-0.39, 0.29) is 0 Å². The van der Waals surface area contributed by atoms with Crippen molar-refractivity contribution in [2.24, 2.45) is 0 Å². The number of benzene rings is 1. The molecule has 1 heterocycles. The summed E-state index contributed by atoms with van der Waals surface area (Å²) in [6.07, 6.45) is 0.758. The fourth-order valence-electron chi connectivity index (χ4n) is 1.70. The highest BCUT2D eigenvalue weighted by Gasteiger charge is 2.10. The van der Waals surface area contributed by atoms with Crippen LogP contribution in [0.4, 0.5) is 0 Å². The molecule has 0 bridgehead atoms. The van der Waals surface area contributed by atoms with Gasteiger partial charge in [-0.3, -0.25) is 4.79 Å². The predicted molar refractivity (Wildman–Crippen MR) is 63.4 cm³/mol. The minimum Gasteiger partial charge on any atom is -0.298 e. The van der Waals surface area contributed by atoms with E-state index in [1.54, 1.807) is 16.8 Å². The maximum absolute atomic E-state index is 11.0. The molecule has 0 spiro atoms. The Hall–Kier alpha value is -1.61. The normalized spacial score (nSPS) is 10.4. The Balaban J connectivity index is 2.68. The summed E-state index contributed by atoms with van der Waals surface area (Å²) in [7, 11) is 0. The SMILES string of the molecule is Cc1cc(C)n(-c2cccc(Cl)c2C=O)n1. The van der Waals surface area contributed by atoms with Crippen LogP contribution in [-0.2, 0) is 0 Å². The van der Waals surface area contributed by atoms with E-state index < -0.39 is 0 Å². The number of rotatable bonds is 2. The quantitative estimate of drug-likeness (QED) is 0.749. The molecule has 2 aromatic rings. The summed E-state index contributed by atoms with van der Waals surface area (Å²) in [5, 5.41) is 4.77. The maximum atomic E-state index is 11.0. The van der Waals surface area contributed by atoms with Crippen molar-refractivity contribution in [3.8, 4) is 5.69 Å². The summed E-state index contributed by atoms with van der Waals surface area (Å²) < 4.78 is 1.73. The lowest BCUT2D eigenvalue weighted by Crippen LogP contribution is -2.03. The number of carbonyl (C=O) groups excluding carboxylic acids is 1. The third kappa shape index (κ3) is 1.74. The Labute approximate surface area is 98.7 Å². The first kappa shape index (κ1) is 10.9. The minimum atomic E-state index is 0.444. The van der Waals surface area contributed by atoms with Gasteiger partial charge < -0.3 is 0 Å². The smallest absolute Gasteiger partial charge is 0.153 e. The third-order valence-electron chi connectivity index (χ3n) is 2.39. The lowest BCUT2D eigenvalue weighted by molar-refractivity contribution is 0.112. The first-order valence-electron chi connectivity index (χ1n) is 4.91.